The maximum Gasteiger partial charge on any atom is 0.419 e. The van der Waals surface area contributed by atoms with Crippen molar-refractivity contribution < 1.29 is 31.9 Å². The number of ether oxygens (including phenoxy) is 1. The normalized spacial score (nSPS) is 18.8. The van der Waals surface area contributed by atoms with Crippen LogP contribution in [0.3, 0.4) is 0 Å². The SMILES string of the molecule is COC(=O)CN1CC2(CC2)c2c(ccc(C(F)(F)F)c2F)C1=O. The van der Waals surface area contributed by atoms with Gasteiger partial charge in [0.1, 0.15) is 12.4 Å². The number of methoxy groups -OCH3 is 1. The van der Waals surface area contributed by atoms with E-state index >= 15 is 0 Å². The van der Waals surface area contributed by atoms with Crippen LogP contribution in [0, 0.1) is 5.82 Å². The highest BCUT2D eigenvalue weighted by Gasteiger charge is 2.54. The quantitative estimate of drug-likeness (QED) is 0.618. The molecule has 23 heavy (non-hydrogen) atoms. The highest BCUT2D eigenvalue weighted by molar-refractivity contribution is 5.99. The molecule has 1 fully saturated rings. The molecule has 1 heterocycles. The number of hydrogen-bond acceptors (Lipinski definition) is 3. The molecule has 1 aromatic carbocycles. The van der Waals surface area contributed by atoms with Gasteiger partial charge in [0.25, 0.3) is 5.91 Å². The van der Waals surface area contributed by atoms with Crippen molar-refractivity contribution in [2.24, 2.45) is 0 Å². The number of esters is 1. The summed E-state index contributed by atoms with van der Waals surface area (Å²) in [7, 11) is 1.17. The Balaban J connectivity index is 2.07. The first-order valence-corrected chi connectivity index (χ1v) is 6.96. The van der Waals surface area contributed by atoms with Gasteiger partial charge >= 0.3 is 12.1 Å². The van der Waals surface area contributed by atoms with Crippen molar-refractivity contribution in [1.82, 2.24) is 4.90 Å². The Kier molecular flexibility index (Phi) is 3.38. The van der Waals surface area contributed by atoms with Crippen LogP contribution in [0.15, 0.2) is 12.1 Å². The molecule has 1 spiro atoms. The largest absolute Gasteiger partial charge is 0.468 e. The molecule has 0 aromatic heterocycles. The molecule has 0 radical (unpaired) electrons. The second kappa shape index (κ2) is 4.94. The molecule has 2 aliphatic rings. The summed E-state index contributed by atoms with van der Waals surface area (Å²) in [6.07, 6.45) is -3.87. The van der Waals surface area contributed by atoms with Gasteiger partial charge in [0.2, 0.25) is 0 Å². The Bertz CT molecular complexity index is 695. The van der Waals surface area contributed by atoms with E-state index in [1.165, 1.54) is 12.0 Å². The summed E-state index contributed by atoms with van der Waals surface area (Å²) in [6, 6.07) is 1.57. The van der Waals surface area contributed by atoms with Gasteiger partial charge in [-0.1, -0.05) is 0 Å². The number of hydrogen-bond donors (Lipinski definition) is 0. The predicted molar refractivity (Wildman–Crippen MR) is 70.2 cm³/mol. The first-order chi connectivity index (χ1) is 10.7. The van der Waals surface area contributed by atoms with Crippen molar-refractivity contribution in [3.05, 3.63) is 34.6 Å². The van der Waals surface area contributed by atoms with Gasteiger partial charge in [-0.25, -0.2) is 4.39 Å². The van der Waals surface area contributed by atoms with Gasteiger partial charge in [-0.2, -0.15) is 13.2 Å². The van der Waals surface area contributed by atoms with Gasteiger partial charge in [-0.05, 0) is 25.0 Å². The molecular weight excluding hydrogens is 318 g/mol. The van der Waals surface area contributed by atoms with E-state index in [-0.39, 0.29) is 24.2 Å². The molecule has 3 rings (SSSR count). The molecule has 0 atom stereocenters. The molecule has 1 amide bonds. The zero-order chi connectivity index (χ0) is 17.0. The van der Waals surface area contributed by atoms with Gasteiger partial charge in [-0.3, -0.25) is 9.59 Å². The lowest BCUT2D eigenvalue weighted by atomic mass is 9.84. The Hall–Kier alpha value is -2.12. The zero-order valence-corrected chi connectivity index (χ0v) is 12.2. The number of nitrogens with zero attached hydrogens (tertiary/aromatic N) is 1. The molecule has 0 N–H and O–H groups in total. The fourth-order valence-electron chi connectivity index (χ4n) is 3.09. The number of rotatable bonds is 2. The maximum absolute atomic E-state index is 14.4. The standard InChI is InChI=1S/C15H13F4NO3/c1-23-10(21)6-20-7-14(4-5-14)11-8(13(20)22)2-3-9(12(11)16)15(17,18)19/h2-3H,4-7H2,1H3. The van der Waals surface area contributed by atoms with E-state index in [2.05, 4.69) is 4.74 Å². The van der Waals surface area contributed by atoms with Crippen LogP contribution < -0.4 is 0 Å². The number of alkyl halides is 3. The van der Waals surface area contributed by atoms with Crippen LogP contribution in [0.25, 0.3) is 0 Å². The average molecular weight is 331 g/mol. The van der Waals surface area contributed by atoms with E-state index in [1.807, 2.05) is 0 Å². The molecule has 1 aliphatic carbocycles. The lowest BCUT2D eigenvalue weighted by molar-refractivity contribution is -0.141. The van der Waals surface area contributed by atoms with Crippen LogP contribution in [0.5, 0.6) is 0 Å². The number of fused-ring (bicyclic) bond motifs is 2. The van der Waals surface area contributed by atoms with Crippen LogP contribution in [0.4, 0.5) is 17.6 Å². The molecule has 1 aromatic rings. The molecule has 8 heteroatoms. The first kappa shape index (κ1) is 15.8. The maximum atomic E-state index is 14.4. The number of halogens is 4. The van der Waals surface area contributed by atoms with Gasteiger partial charge in [0, 0.05) is 23.1 Å². The zero-order valence-electron chi connectivity index (χ0n) is 12.2. The van der Waals surface area contributed by atoms with Crippen LogP contribution in [0.2, 0.25) is 0 Å². The van der Waals surface area contributed by atoms with Crippen LogP contribution in [-0.4, -0.2) is 37.0 Å². The summed E-state index contributed by atoms with van der Waals surface area (Å²) in [6.45, 7) is -0.286. The Labute approximate surface area is 129 Å². The van der Waals surface area contributed by atoms with E-state index in [0.29, 0.717) is 18.9 Å². The Morgan fingerprint density at radius 2 is 2.00 bits per heavy atom. The summed E-state index contributed by atoms with van der Waals surface area (Å²) in [5, 5.41) is 0. The molecule has 124 valence electrons. The third kappa shape index (κ3) is 2.46. The van der Waals surface area contributed by atoms with Crippen molar-refractivity contribution in [3.63, 3.8) is 0 Å². The fraction of sp³-hybridized carbons (Fsp3) is 0.467. The smallest absolute Gasteiger partial charge is 0.419 e. The van der Waals surface area contributed by atoms with E-state index < -0.39 is 34.8 Å². The van der Waals surface area contributed by atoms with E-state index in [0.717, 1.165) is 6.07 Å². The predicted octanol–water partition coefficient (Wildman–Crippen LogP) is 2.50. The first-order valence-electron chi connectivity index (χ1n) is 6.96. The Morgan fingerprint density at radius 3 is 2.52 bits per heavy atom. The lowest BCUT2D eigenvalue weighted by Gasteiger charge is -2.34. The molecule has 1 saturated carbocycles. The second-order valence-corrected chi connectivity index (χ2v) is 5.87. The summed E-state index contributed by atoms with van der Waals surface area (Å²) >= 11 is 0. The highest BCUT2D eigenvalue weighted by atomic mass is 19.4. The summed E-state index contributed by atoms with van der Waals surface area (Å²) in [5.41, 5.74) is -2.47. The molecule has 0 bridgehead atoms. The lowest BCUT2D eigenvalue weighted by Crippen LogP contribution is -2.46. The van der Waals surface area contributed by atoms with Crippen molar-refractivity contribution in [3.8, 4) is 0 Å². The highest BCUT2D eigenvalue weighted by Crippen LogP contribution is 2.54. The van der Waals surface area contributed by atoms with E-state index in [1.54, 1.807) is 0 Å². The summed E-state index contributed by atoms with van der Waals surface area (Å²) < 4.78 is 57.6. The third-order valence-electron chi connectivity index (χ3n) is 4.39. The van der Waals surface area contributed by atoms with Gasteiger partial charge in [0.05, 0.1) is 12.7 Å². The van der Waals surface area contributed by atoms with E-state index in [4.69, 9.17) is 0 Å². The van der Waals surface area contributed by atoms with Crippen LogP contribution in [0.1, 0.15) is 34.3 Å². The van der Waals surface area contributed by atoms with Crippen LogP contribution >= 0.6 is 0 Å². The molecule has 4 nitrogen and oxygen atoms in total. The number of carbonyl (C=O) groups is 2. The number of benzene rings is 1. The summed E-state index contributed by atoms with van der Waals surface area (Å²) in [5.74, 6) is -2.67. The van der Waals surface area contributed by atoms with Gasteiger partial charge < -0.3 is 9.64 Å². The summed E-state index contributed by atoms with van der Waals surface area (Å²) in [4.78, 5) is 25.0. The van der Waals surface area contributed by atoms with Crippen molar-refractivity contribution in [1.29, 1.82) is 0 Å². The monoisotopic (exact) mass is 331 g/mol. The number of amides is 1. The minimum absolute atomic E-state index is 0.0200. The third-order valence-corrected chi connectivity index (χ3v) is 4.39. The second-order valence-electron chi connectivity index (χ2n) is 5.87. The van der Waals surface area contributed by atoms with Crippen molar-refractivity contribution in [2.75, 3.05) is 20.2 Å². The van der Waals surface area contributed by atoms with Gasteiger partial charge in [-0.15, -0.1) is 0 Å². The minimum Gasteiger partial charge on any atom is -0.468 e. The Morgan fingerprint density at radius 1 is 1.35 bits per heavy atom. The fourth-order valence-corrected chi connectivity index (χ4v) is 3.09. The van der Waals surface area contributed by atoms with Crippen molar-refractivity contribution in [2.45, 2.75) is 24.4 Å². The van der Waals surface area contributed by atoms with Gasteiger partial charge in [0.15, 0.2) is 0 Å². The molecular formula is C15H13F4NO3. The molecule has 0 unspecified atom stereocenters. The number of carbonyl (C=O) groups excluding carboxylic acids is 2. The topological polar surface area (TPSA) is 46.6 Å². The molecule has 1 aliphatic heterocycles. The van der Waals surface area contributed by atoms with E-state index in [9.17, 15) is 27.2 Å². The van der Waals surface area contributed by atoms with Crippen LogP contribution in [-0.2, 0) is 21.1 Å². The van der Waals surface area contributed by atoms with Crippen molar-refractivity contribution >= 4 is 11.9 Å². The molecule has 0 saturated heterocycles. The average Bonchev–Trinajstić information content (AvgIpc) is 3.22. The minimum atomic E-state index is -4.82.